The molecule has 1 saturated heterocycles. The summed E-state index contributed by atoms with van der Waals surface area (Å²) in [6.07, 6.45) is 2.00. The van der Waals surface area contributed by atoms with Gasteiger partial charge in [-0.05, 0) is 11.1 Å². The van der Waals surface area contributed by atoms with E-state index in [4.69, 9.17) is 0 Å². The van der Waals surface area contributed by atoms with Gasteiger partial charge in [-0.15, -0.1) is 31.4 Å². The van der Waals surface area contributed by atoms with Crippen LogP contribution in [0, 0.1) is 0 Å². The summed E-state index contributed by atoms with van der Waals surface area (Å²) < 4.78 is 0. The predicted molar refractivity (Wildman–Crippen MR) is 115 cm³/mol. The van der Waals surface area contributed by atoms with Gasteiger partial charge in [0.25, 0.3) is 0 Å². The minimum absolute atomic E-state index is 0. The van der Waals surface area contributed by atoms with Gasteiger partial charge in [0.05, 0.1) is 6.04 Å². The highest BCUT2D eigenvalue weighted by Crippen LogP contribution is 2.29. The van der Waals surface area contributed by atoms with E-state index in [2.05, 4.69) is 77.0 Å². The Morgan fingerprint density at radius 3 is 1.58 bits per heavy atom. The maximum Gasteiger partial charge on any atom is 0.0602 e. The molecule has 4 nitrogen and oxygen atoms in total. The molecule has 0 unspecified atom stereocenters. The first-order valence-corrected chi connectivity index (χ1v) is 8.05. The van der Waals surface area contributed by atoms with Gasteiger partial charge in [-0.2, -0.15) is 0 Å². The van der Waals surface area contributed by atoms with E-state index in [0.717, 1.165) is 32.7 Å². The fourth-order valence-corrected chi connectivity index (χ4v) is 3.27. The Bertz CT molecular complexity index is 552. The fraction of sp³-hybridized carbons (Fsp3) is 0.300. The minimum Gasteiger partial charge on any atom is -0.412 e. The average molecular weight is 401 g/mol. The molecule has 1 aliphatic rings. The van der Waals surface area contributed by atoms with Crippen LogP contribution in [0.15, 0.2) is 73.3 Å². The van der Waals surface area contributed by atoms with Crippen molar-refractivity contribution in [2.45, 2.75) is 6.04 Å². The van der Waals surface area contributed by atoms with Gasteiger partial charge in [-0.1, -0.05) is 66.7 Å². The van der Waals surface area contributed by atoms with Crippen molar-refractivity contribution < 1.29 is 11.0 Å². The Morgan fingerprint density at radius 2 is 1.19 bits per heavy atom. The van der Waals surface area contributed by atoms with E-state index in [9.17, 15) is 0 Å². The summed E-state index contributed by atoms with van der Waals surface area (Å²) in [5, 5.41) is 0. The molecule has 6 heteroatoms. The third-order valence-corrected chi connectivity index (χ3v) is 4.39. The van der Waals surface area contributed by atoms with Crippen molar-refractivity contribution in [2.24, 2.45) is 0 Å². The third-order valence-electron chi connectivity index (χ3n) is 4.39. The lowest BCUT2D eigenvalue weighted by Crippen LogP contribution is -2.47. The Kier molecular flexibility index (Phi) is 14.2. The molecule has 1 fully saturated rings. The highest BCUT2D eigenvalue weighted by molar-refractivity contribution is 5.85. The first-order valence-electron chi connectivity index (χ1n) is 8.05. The number of nitrogens with zero attached hydrogens (tertiary/aromatic N) is 2. The smallest absolute Gasteiger partial charge is 0.0602 e. The molecular formula is C20H30Cl2N2O2. The highest BCUT2D eigenvalue weighted by Gasteiger charge is 2.25. The molecule has 146 valence electrons. The van der Waals surface area contributed by atoms with Crippen LogP contribution in [-0.2, 0) is 0 Å². The molecule has 1 aliphatic heterocycles. The number of hydrogen-bond acceptors (Lipinski definition) is 2. The van der Waals surface area contributed by atoms with Gasteiger partial charge in [0.2, 0.25) is 0 Å². The van der Waals surface area contributed by atoms with Crippen LogP contribution in [0.3, 0.4) is 0 Å². The maximum atomic E-state index is 3.85. The van der Waals surface area contributed by atoms with Crippen LogP contribution in [-0.4, -0.2) is 53.5 Å². The Hall–Kier alpha value is -1.40. The van der Waals surface area contributed by atoms with Crippen molar-refractivity contribution in [3.8, 4) is 0 Å². The normalized spacial score (nSPS) is 14.2. The van der Waals surface area contributed by atoms with Crippen LogP contribution in [0.1, 0.15) is 17.2 Å². The lowest BCUT2D eigenvalue weighted by Gasteiger charge is -2.39. The van der Waals surface area contributed by atoms with Crippen molar-refractivity contribution in [3.05, 3.63) is 84.4 Å². The van der Waals surface area contributed by atoms with Crippen molar-refractivity contribution in [2.75, 3.05) is 32.7 Å². The van der Waals surface area contributed by atoms with Gasteiger partial charge in [0.15, 0.2) is 0 Å². The number of benzene rings is 2. The zero-order valence-corrected chi connectivity index (χ0v) is 16.5. The fourth-order valence-electron chi connectivity index (χ4n) is 3.27. The summed E-state index contributed by atoms with van der Waals surface area (Å²) in [5.74, 6) is 0. The molecule has 2 aromatic rings. The molecule has 0 aliphatic carbocycles. The summed E-state index contributed by atoms with van der Waals surface area (Å²) in [4.78, 5) is 5.07. The molecule has 0 atom stereocenters. The van der Waals surface area contributed by atoms with Gasteiger partial charge in [0, 0.05) is 32.7 Å². The predicted octanol–water partition coefficient (Wildman–Crippen LogP) is 2.77. The molecule has 0 radical (unpaired) electrons. The Morgan fingerprint density at radius 1 is 0.769 bits per heavy atom. The van der Waals surface area contributed by atoms with Crippen LogP contribution < -0.4 is 0 Å². The van der Waals surface area contributed by atoms with E-state index in [1.165, 1.54) is 11.1 Å². The molecular weight excluding hydrogens is 371 g/mol. The van der Waals surface area contributed by atoms with E-state index < -0.39 is 0 Å². The van der Waals surface area contributed by atoms with Crippen LogP contribution in [0.25, 0.3) is 0 Å². The SMILES string of the molecule is C=CCN1CCN(C(c2ccccc2)c2ccccc2)CC1.Cl.Cl.O.O. The lowest BCUT2D eigenvalue weighted by molar-refractivity contribution is 0.118. The highest BCUT2D eigenvalue weighted by atomic mass is 35.5. The zero-order chi connectivity index (χ0) is 15.2. The first-order chi connectivity index (χ1) is 10.9. The molecule has 0 spiro atoms. The van der Waals surface area contributed by atoms with Crippen LogP contribution in [0.5, 0.6) is 0 Å². The van der Waals surface area contributed by atoms with Gasteiger partial charge in [-0.25, -0.2) is 0 Å². The second-order valence-corrected chi connectivity index (χ2v) is 5.85. The van der Waals surface area contributed by atoms with Gasteiger partial charge in [-0.3, -0.25) is 9.80 Å². The molecule has 4 N–H and O–H groups in total. The minimum atomic E-state index is 0. The number of hydrogen-bond donors (Lipinski definition) is 0. The van der Waals surface area contributed by atoms with Gasteiger partial charge < -0.3 is 11.0 Å². The zero-order valence-electron chi connectivity index (χ0n) is 14.9. The second kappa shape index (κ2) is 13.8. The molecule has 26 heavy (non-hydrogen) atoms. The van der Waals surface area contributed by atoms with E-state index in [1.54, 1.807) is 0 Å². The van der Waals surface area contributed by atoms with E-state index in [0.29, 0.717) is 6.04 Å². The molecule has 0 bridgehead atoms. The van der Waals surface area contributed by atoms with Crippen LogP contribution in [0.2, 0.25) is 0 Å². The summed E-state index contributed by atoms with van der Waals surface area (Å²) in [7, 11) is 0. The first kappa shape index (κ1) is 26.8. The van der Waals surface area contributed by atoms with Crippen molar-refractivity contribution in [1.29, 1.82) is 0 Å². The Balaban J connectivity index is 0. The van der Waals surface area contributed by atoms with Crippen molar-refractivity contribution >= 4 is 24.8 Å². The average Bonchev–Trinajstić information content (AvgIpc) is 2.59. The van der Waals surface area contributed by atoms with Crippen LogP contribution >= 0.6 is 24.8 Å². The maximum absolute atomic E-state index is 3.85. The molecule has 0 saturated carbocycles. The van der Waals surface area contributed by atoms with Gasteiger partial charge in [0.1, 0.15) is 0 Å². The van der Waals surface area contributed by atoms with E-state index in [1.807, 2.05) is 6.08 Å². The summed E-state index contributed by atoms with van der Waals surface area (Å²) in [6.45, 7) is 9.27. The van der Waals surface area contributed by atoms with Crippen molar-refractivity contribution in [3.63, 3.8) is 0 Å². The number of halogens is 2. The summed E-state index contributed by atoms with van der Waals surface area (Å²) in [5.41, 5.74) is 2.76. The standard InChI is InChI=1S/C20H24N2.2ClH.2H2O/c1-2-13-21-14-16-22(17-15-21)20(18-9-5-3-6-10-18)19-11-7-4-8-12-19;;;;/h2-12,20H,1,13-17H2;2*1H;2*1H2. The molecule has 3 rings (SSSR count). The largest absolute Gasteiger partial charge is 0.412 e. The molecule has 2 aromatic carbocycles. The van der Waals surface area contributed by atoms with E-state index >= 15 is 0 Å². The topological polar surface area (TPSA) is 69.5 Å². The summed E-state index contributed by atoms with van der Waals surface area (Å²) >= 11 is 0. The molecule has 0 aromatic heterocycles. The van der Waals surface area contributed by atoms with Gasteiger partial charge >= 0.3 is 0 Å². The van der Waals surface area contributed by atoms with Crippen LogP contribution in [0.4, 0.5) is 0 Å². The van der Waals surface area contributed by atoms with E-state index in [-0.39, 0.29) is 35.8 Å². The Labute approximate surface area is 168 Å². The van der Waals surface area contributed by atoms with Crippen molar-refractivity contribution in [1.82, 2.24) is 9.80 Å². The molecule has 1 heterocycles. The third kappa shape index (κ3) is 6.72. The molecule has 0 amide bonds. The monoisotopic (exact) mass is 400 g/mol. The number of piperazine rings is 1. The summed E-state index contributed by atoms with van der Waals surface area (Å²) in [6, 6.07) is 22.1. The lowest BCUT2D eigenvalue weighted by atomic mass is 9.96. The second-order valence-electron chi connectivity index (χ2n) is 5.85. The quantitative estimate of drug-likeness (QED) is 0.723. The number of rotatable bonds is 5.